The molecule has 0 heterocycles. The van der Waals surface area contributed by atoms with E-state index in [2.05, 4.69) is 34.5 Å². The Labute approximate surface area is 85.8 Å². The molecule has 0 aromatic heterocycles. The fraction of sp³-hybridized carbons (Fsp3) is 0.667. The maximum absolute atomic E-state index is 4.39. The SMILES string of the molecule is C1=CC(N=NC2C=CCCC2)CCC1. The van der Waals surface area contributed by atoms with E-state index in [0.29, 0.717) is 12.1 Å². The van der Waals surface area contributed by atoms with E-state index in [4.69, 9.17) is 0 Å². The number of allylic oxidation sites excluding steroid dienone is 2. The monoisotopic (exact) mass is 190 g/mol. The van der Waals surface area contributed by atoms with E-state index < -0.39 is 0 Å². The van der Waals surface area contributed by atoms with Crippen LogP contribution in [0.1, 0.15) is 38.5 Å². The van der Waals surface area contributed by atoms with Crippen LogP contribution in [0, 0.1) is 0 Å². The molecule has 2 rings (SSSR count). The molecule has 0 aromatic rings. The van der Waals surface area contributed by atoms with Crippen LogP contribution in [0.5, 0.6) is 0 Å². The highest BCUT2D eigenvalue weighted by Gasteiger charge is 2.09. The fourth-order valence-electron chi connectivity index (χ4n) is 1.95. The smallest absolute Gasteiger partial charge is 0.0889 e. The average Bonchev–Trinajstić information content (AvgIpc) is 2.29. The van der Waals surface area contributed by atoms with E-state index in [0.717, 1.165) is 0 Å². The Hall–Kier alpha value is -0.920. The summed E-state index contributed by atoms with van der Waals surface area (Å²) < 4.78 is 0. The number of hydrogen-bond donors (Lipinski definition) is 0. The standard InChI is InChI=1S/C12H18N2/c1-3-7-11(8-4-1)13-14-12-9-5-2-6-10-12/h3,5,7,9,11-12H,1-2,4,6,8,10H2. The molecule has 0 aromatic carbocycles. The molecule has 2 unspecified atom stereocenters. The normalized spacial score (nSPS) is 32.6. The Kier molecular flexibility index (Phi) is 3.50. The molecule has 2 aliphatic rings. The molecule has 2 aliphatic carbocycles. The minimum absolute atomic E-state index is 0.360. The summed E-state index contributed by atoms with van der Waals surface area (Å²) in [6, 6.07) is 0.721. The van der Waals surface area contributed by atoms with Gasteiger partial charge in [0.05, 0.1) is 12.1 Å². The van der Waals surface area contributed by atoms with Crippen molar-refractivity contribution < 1.29 is 0 Å². The highest BCUT2D eigenvalue weighted by Crippen LogP contribution is 2.17. The number of nitrogens with zero attached hydrogens (tertiary/aromatic N) is 2. The van der Waals surface area contributed by atoms with Crippen molar-refractivity contribution in [3.8, 4) is 0 Å². The molecule has 0 bridgehead atoms. The minimum Gasteiger partial charge on any atom is -0.186 e. The first-order chi connectivity index (χ1) is 6.95. The van der Waals surface area contributed by atoms with Gasteiger partial charge in [0.2, 0.25) is 0 Å². The summed E-state index contributed by atoms with van der Waals surface area (Å²) in [5.74, 6) is 0. The van der Waals surface area contributed by atoms with Gasteiger partial charge in [0.25, 0.3) is 0 Å². The molecule has 2 nitrogen and oxygen atoms in total. The van der Waals surface area contributed by atoms with E-state index in [-0.39, 0.29) is 0 Å². The first-order valence-electron chi connectivity index (χ1n) is 5.68. The molecule has 0 spiro atoms. The molecular formula is C12H18N2. The van der Waals surface area contributed by atoms with Crippen molar-refractivity contribution in [2.75, 3.05) is 0 Å². The van der Waals surface area contributed by atoms with Crippen LogP contribution in [-0.2, 0) is 0 Å². The van der Waals surface area contributed by atoms with Gasteiger partial charge >= 0.3 is 0 Å². The summed E-state index contributed by atoms with van der Waals surface area (Å²) in [5.41, 5.74) is 0. The van der Waals surface area contributed by atoms with Crippen LogP contribution >= 0.6 is 0 Å². The van der Waals surface area contributed by atoms with Crippen molar-refractivity contribution in [1.82, 2.24) is 0 Å². The van der Waals surface area contributed by atoms with Crippen LogP contribution in [0.25, 0.3) is 0 Å². The van der Waals surface area contributed by atoms with Crippen LogP contribution in [0.15, 0.2) is 34.5 Å². The highest BCUT2D eigenvalue weighted by atomic mass is 15.1. The first-order valence-corrected chi connectivity index (χ1v) is 5.68. The fourth-order valence-corrected chi connectivity index (χ4v) is 1.95. The van der Waals surface area contributed by atoms with E-state index in [1.54, 1.807) is 0 Å². The summed E-state index contributed by atoms with van der Waals surface area (Å²) in [4.78, 5) is 0. The van der Waals surface area contributed by atoms with Crippen LogP contribution in [-0.4, -0.2) is 12.1 Å². The van der Waals surface area contributed by atoms with Crippen molar-refractivity contribution in [1.29, 1.82) is 0 Å². The predicted octanol–water partition coefficient (Wildman–Crippen LogP) is 3.66. The lowest BCUT2D eigenvalue weighted by atomic mass is 10.0. The molecule has 0 N–H and O–H groups in total. The summed E-state index contributed by atoms with van der Waals surface area (Å²) in [7, 11) is 0. The van der Waals surface area contributed by atoms with E-state index >= 15 is 0 Å². The Morgan fingerprint density at radius 2 is 1.29 bits per heavy atom. The van der Waals surface area contributed by atoms with Gasteiger partial charge in [0, 0.05) is 0 Å². The zero-order chi connectivity index (χ0) is 9.64. The Bertz CT molecular complexity index is 227. The Morgan fingerprint density at radius 1 is 0.786 bits per heavy atom. The Balaban J connectivity index is 1.85. The molecule has 0 radical (unpaired) electrons. The van der Waals surface area contributed by atoms with Crippen molar-refractivity contribution in [2.45, 2.75) is 50.6 Å². The highest BCUT2D eigenvalue weighted by molar-refractivity contribution is 4.99. The molecule has 2 heteroatoms. The average molecular weight is 190 g/mol. The topological polar surface area (TPSA) is 24.7 Å². The Morgan fingerprint density at radius 3 is 1.64 bits per heavy atom. The number of rotatable bonds is 2. The van der Waals surface area contributed by atoms with Gasteiger partial charge in [0.15, 0.2) is 0 Å². The van der Waals surface area contributed by atoms with Crippen LogP contribution in [0.2, 0.25) is 0 Å². The predicted molar refractivity (Wildman–Crippen MR) is 58.4 cm³/mol. The second kappa shape index (κ2) is 5.08. The van der Waals surface area contributed by atoms with Crippen LogP contribution in [0.3, 0.4) is 0 Å². The summed E-state index contributed by atoms with van der Waals surface area (Å²) in [5, 5.41) is 8.79. The first kappa shape index (κ1) is 9.63. The third-order valence-corrected chi connectivity index (χ3v) is 2.82. The van der Waals surface area contributed by atoms with Crippen molar-refractivity contribution in [2.24, 2.45) is 10.2 Å². The van der Waals surface area contributed by atoms with Gasteiger partial charge in [-0.2, -0.15) is 10.2 Å². The summed E-state index contributed by atoms with van der Waals surface area (Å²) in [6.07, 6.45) is 16.2. The molecule has 0 saturated heterocycles. The quantitative estimate of drug-likeness (QED) is 0.469. The van der Waals surface area contributed by atoms with Gasteiger partial charge < -0.3 is 0 Å². The second-order valence-electron chi connectivity index (χ2n) is 4.08. The van der Waals surface area contributed by atoms with E-state index in [1.807, 2.05) is 0 Å². The molecule has 0 fully saturated rings. The molecular weight excluding hydrogens is 172 g/mol. The molecule has 0 saturated carbocycles. The number of hydrogen-bond acceptors (Lipinski definition) is 2. The lowest BCUT2D eigenvalue weighted by Gasteiger charge is -2.13. The largest absolute Gasteiger partial charge is 0.186 e. The minimum atomic E-state index is 0.360. The van der Waals surface area contributed by atoms with Crippen molar-refractivity contribution >= 4 is 0 Å². The lowest BCUT2D eigenvalue weighted by molar-refractivity contribution is 0.568. The number of azo groups is 1. The lowest BCUT2D eigenvalue weighted by Crippen LogP contribution is -2.07. The van der Waals surface area contributed by atoms with Gasteiger partial charge in [-0.05, 0) is 38.5 Å². The third-order valence-electron chi connectivity index (χ3n) is 2.82. The van der Waals surface area contributed by atoms with Gasteiger partial charge in [0.1, 0.15) is 0 Å². The van der Waals surface area contributed by atoms with Crippen LogP contribution < -0.4 is 0 Å². The van der Waals surface area contributed by atoms with Crippen LogP contribution in [0.4, 0.5) is 0 Å². The second-order valence-corrected chi connectivity index (χ2v) is 4.08. The molecule has 14 heavy (non-hydrogen) atoms. The zero-order valence-electron chi connectivity index (χ0n) is 8.60. The van der Waals surface area contributed by atoms with Crippen molar-refractivity contribution in [3.05, 3.63) is 24.3 Å². The molecule has 0 amide bonds. The van der Waals surface area contributed by atoms with Gasteiger partial charge in [-0.25, -0.2) is 0 Å². The molecule has 76 valence electrons. The summed E-state index contributed by atoms with van der Waals surface area (Å²) >= 11 is 0. The maximum atomic E-state index is 4.39. The molecule has 2 atom stereocenters. The molecule has 0 aliphatic heterocycles. The zero-order valence-corrected chi connectivity index (χ0v) is 8.60. The van der Waals surface area contributed by atoms with E-state index in [1.165, 1.54) is 38.5 Å². The van der Waals surface area contributed by atoms with Gasteiger partial charge in [-0.15, -0.1) is 0 Å². The maximum Gasteiger partial charge on any atom is 0.0889 e. The van der Waals surface area contributed by atoms with E-state index in [9.17, 15) is 0 Å². The van der Waals surface area contributed by atoms with Gasteiger partial charge in [-0.3, -0.25) is 0 Å². The third kappa shape index (κ3) is 2.79. The van der Waals surface area contributed by atoms with Crippen molar-refractivity contribution in [3.63, 3.8) is 0 Å². The summed E-state index contributed by atoms with van der Waals surface area (Å²) in [6.45, 7) is 0. The van der Waals surface area contributed by atoms with Gasteiger partial charge in [-0.1, -0.05) is 24.3 Å².